The summed E-state index contributed by atoms with van der Waals surface area (Å²) in [4.78, 5) is 0. The number of aromatic nitrogens is 2. The Morgan fingerprint density at radius 2 is 2.00 bits per heavy atom. The van der Waals surface area contributed by atoms with Gasteiger partial charge in [0.05, 0.1) is 6.20 Å². The van der Waals surface area contributed by atoms with Crippen molar-refractivity contribution in [3.8, 4) is 0 Å². The third-order valence-corrected chi connectivity index (χ3v) is 4.51. The summed E-state index contributed by atoms with van der Waals surface area (Å²) in [5, 5.41) is 4.88. The van der Waals surface area contributed by atoms with Crippen LogP contribution < -0.4 is 0 Å². The Balaban J connectivity index is 2.37. The van der Waals surface area contributed by atoms with Gasteiger partial charge >= 0.3 is 0 Å². The van der Waals surface area contributed by atoms with Gasteiger partial charge in [-0.3, -0.25) is 4.68 Å². The normalized spacial score (nSPS) is 11.8. The van der Waals surface area contributed by atoms with E-state index in [4.69, 9.17) is 34.8 Å². The second-order valence-corrected chi connectivity index (χ2v) is 5.73. The zero-order valence-corrected chi connectivity index (χ0v) is 12.9. The van der Waals surface area contributed by atoms with E-state index in [2.05, 4.69) is 5.10 Å². The summed E-state index contributed by atoms with van der Waals surface area (Å²) in [5.74, 6) is 0.872. The van der Waals surface area contributed by atoms with Gasteiger partial charge in [0.2, 0.25) is 0 Å². The van der Waals surface area contributed by atoms with Gasteiger partial charge in [0, 0.05) is 35.4 Å². The Hall–Kier alpha value is -0.700. The van der Waals surface area contributed by atoms with Crippen molar-refractivity contribution in [1.82, 2.24) is 9.78 Å². The summed E-state index contributed by atoms with van der Waals surface area (Å²) in [7, 11) is 1.89. The van der Waals surface area contributed by atoms with Gasteiger partial charge in [-0.25, -0.2) is 0 Å². The highest BCUT2D eigenvalue weighted by Gasteiger charge is 2.31. The molecular formula is C14H15Cl3N2. The number of rotatable bonds is 5. The smallest absolute Gasteiger partial charge is 0.0521 e. The van der Waals surface area contributed by atoms with Gasteiger partial charge in [0.1, 0.15) is 0 Å². The molecular weight excluding hydrogens is 303 g/mol. The van der Waals surface area contributed by atoms with Gasteiger partial charge in [-0.15, -0.1) is 23.2 Å². The van der Waals surface area contributed by atoms with E-state index in [1.54, 1.807) is 4.68 Å². The lowest BCUT2D eigenvalue weighted by atomic mass is 9.79. The quantitative estimate of drug-likeness (QED) is 0.761. The minimum absolute atomic E-state index is 0.322. The van der Waals surface area contributed by atoms with Crippen LogP contribution in [-0.2, 0) is 18.9 Å². The SMILES string of the molecule is Cn1cc(CC(CCl)(CCl)c2cccc(Cl)c2)cn1. The van der Waals surface area contributed by atoms with E-state index < -0.39 is 0 Å². The van der Waals surface area contributed by atoms with Crippen LogP contribution in [0, 0.1) is 0 Å². The third kappa shape index (κ3) is 3.25. The minimum Gasteiger partial charge on any atom is -0.276 e. The molecule has 0 spiro atoms. The summed E-state index contributed by atoms with van der Waals surface area (Å²) < 4.78 is 1.78. The fourth-order valence-corrected chi connectivity index (χ4v) is 3.13. The third-order valence-electron chi connectivity index (χ3n) is 3.25. The monoisotopic (exact) mass is 316 g/mol. The molecule has 0 saturated heterocycles. The van der Waals surface area contributed by atoms with E-state index in [1.807, 2.05) is 43.7 Å². The predicted octanol–water partition coefficient (Wildman–Crippen LogP) is 4.03. The minimum atomic E-state index is -0.322. The molecule has 2 rings (SSSR count). The van der Waals surface area contributed by atoms with E-state index >= 15 is 0 Å². The number of hydrogen-bond donors (Lipinski definition) is 0. The molecule has 0 aliphatic carbocycles. The molecule has 0 aliphatic heterocycles. The molecule has 2 nitrogen and oxygen atoms in total. The molecule has 2 aromatic rings. The van der Waals surface area contributed by atoms with Gasteiger partial charge < -0.3 is 0 Å². The fraction of sp³-hybridized carbons (Fsp3) is 0.357. The van der Waals surface area contributed by atoms with Crippen molar-refractivity contribution < 1.29 is 0 Å². The van der Waals surface area contributed by atoms with Gasteiger partial charge in [-0.05, 0) is 29.7 Å². The van der Waals surface area contributed by atoms with Crippen LogP contribution >= 0.6 is 34.8 Å². The van der Waals surface area contributed by atoms with Crippen LogP contribution in [0.2, 0.25) is 5.02 Å². The lowest BCUT2D eigenvalue weighted by Crippen LogP contribution is -2.33. The molecule has 0 atom stereocenters. The van der Waals surface area contributed by atoms with E-state index in [0.29, 0.717) is 16.8 Å². The Kier molecular flexibility index (Phi) is 4.77. The van der Waals surface area contributed by atoms with Crippen LogP contribution in [0.5, 0.6) is 0 Å². The zero-order valence-electron chi connectivity index (χ0n) is 10.6. The average Bonchev–Trinajstić information content (AvgIpc) is 2.81. The van der Waals surface area contributed by atoms with Crippen LogP contribution in [0.15, 0.2) is 36.7 Å². The Morgan fingerprint density at radius 1 is 1.26 bits per heavy atom. The molecule has 1 heterocycles. The summed E-state index contributed by atoms with van der Waals surface area (Å²) in [5.41, 5.74) is 1.86. The van der Waals surface area contributed by atoms with Crippen LogP contribution in [0.1, 0.15) is 11.1 Å². The first-order valence-electron chi connectivity index (χ1n) is 5.95. The van der Waals surface area contributed by atoms with Crippen molar-refractivity contribution in [1.29, 1.82) is 0 Å². The Bertz CT molecular complexity index is 547. The lowest BCUT2D eigenvalue weighted by molar-refractivity contribution is 0.536. The van der Waals surface area contributed by atoms with Crippen molar-refractivity contribution in [2.45, 2.75) is 11.8 Å². The first-order valence-corrected chi connectivity index (χ1v) is 7.40. The molecule has 5 heteroatoms. The largest absolute Gasteiger partial charge is 0.276 e. The van der Waals surface area contributed by atoms with Crippen molar-refractivity contribution in [2.75, 3.05) is 11.8 Å². The molecule has 1 aromatic heterocycles. The average molecular weight is 318 g/mol. The van der Waals surface area contributed by atoms with E-state index in [-0.39, 0.29) is 5.41 Å². The van der Waals surface area contributed by atoms with Crippen LogP contribution in [0.4, 0.5) is 0 Å². The second kappa shape index (κ2) is 6.17. The summed E-state index contributed by atoms with van der Waals surface area (Å²) >= 11 is 18.5. The van der Waals surface area contributed by atoms with Gasteiger partial charge in [0.15, 0.2) is 0 Å². The van der Waals surface area contributed by atoms with Crippen LogP contribution in [0.3, 0.4) is 0 Å². The Labute approximate surface area is 128 Å². The number of aryl methyl sites for hydroxylation is 1. The van der Waals surface area contributed by atoms with E-state index in [9.17, 15) is 0 Å². The predicted molar refractivity (Wildman–Crippen MR) is 81.5 cm³/mol. The molecule has 0 unspecified atom stereocenters. The van der Waals surface area contributed by atoms with E-state index in [1.165, 1.54) is 0 Å². The maximum Gasteiger partial charge on any atom is 0.0521 e. The highest BCUT2D eigenvalue weighted by atomic mass is 35.5. The van der Waals surface area contributed by atoms with Crippen molar-refractivity contribution in [3.63, 3.8) is 0 Å². The summed E-state index contributed by atoms with van der Waals surface area (Å²) in [6.45, 7) is 0. The molecule has 0 radical (unpaired) electrons. The molecule has 19 heavy (non-hydrogen) atoms. The number of hydrogen-bond acceptors (Lipinski definition) is 1. The molecule has 1 aromatic carbocycles. The molecule has 0 amide bonds. The van der Waals surface area contributed by atoms with Gasteiger partial charge in [-0.1, -0.05) is 23.7 Å². The molecule has 102 valence electrons. The lowest BCUT2D eigenvalue weighted by Gasteiger charge is -2.30. The highest BCUT2D eigenvalue weighted by Crippen LogP contribution is 2.32. The maximum atomic E-state index is 6.21. The van der Waals surface area contributed by atoms with Crippen molar-refractivity contribution in [3.05, 3.63) is 52.8 Å². The first kappa shape index (κ1) is 14.7. The van der Waals surface area contributed by atoms with Gasteiger partial charge in [0.25, 0.3) is 0 Å². The van der Waals surface area contributed by atoms with Crippen LogP contribution in [-0.4, -0.2) is 21.5 Å². The Morgan fingerprint density at radius 3 is 2.53 bits per heavy atom. The summed E-state index contributed by atoms with van der Waals surface area (Å²) in [6, 6.07) is 7.73. The first-order chi connectivity index (χ1) is 9.09. The molecule has 0 N–H and O–H groups in total. The van der Waals surface area contributed by atoms with Crippen molar-refractivity contribution in [2.24, 2.45) is 7.05 Å². The fourth-order valence-electron chi connectivity index (χ4n) is 2.16. The number of halogens is 3. The topological polar surface area (TPSA) is 17.8 Å². The number of alkyl halides is 2. The maximum absolute atomic E-state index is 6.21. The van der Waals surface area contributed by atoms with Crippen molar-refractivity contribution >= 4 is 34.8 Å². The van der Waals surface area contributed by atoms with Crippen LogP contribution in [0.25, 0.3) is 0 Å². The van der Waals surface area contributed by atoms with E-state index in [0.717, 1.165) is 17.5 Å². The number of benzene rings is 1. The molecule has 0 saturated carbocycles. The molecule has 0 aliphatic rings. The number of nitrogens with zero attached hydrogens (tertiary/aromatic N) is 2. The molecule has 0 bridgehead atoms. The second-order valence-electron chi connectivity index (χ2n) is 4.76. The molecule has 0 fully saturated rings. The standard InChI is InChI=1S/C14H15Cl3N2/c1-19-8-11(7-18-19)6-14(9-15,10-16)12-3-2-4-13(17)5-12/h2-5,7-8H,6,9-10H2,1H3. The van der Waals surface area contributed by atoms with Gasteiger partial charge in [-0.2, -0.15) is 5.10 Å². The highest BCUT2D eigenvalue weighted by molar-refractivity contribution is 6.30. The summed E-state index contributed by atoms with van der Waals surface area (Å²) in [6.07, 6.45) is 4.57. The zero-order chi connectivity index (χ0) is 13.9.